The van der Waals surface area contributed by atoms with E-state index in [0.29, 0.717) is 6.42 Å². The minimum Gasteiger partial charge on any atom is -0.490 e. The normalized spacial score (nSPS) is 11.7. The largest absolute Gasteiger partial charge is 0.490 e. The van der Waals surface area contributed by atoms with E-state index in [1.165, 1.54) is 0 Å². The van der Waals surface area contributed by atoms with Crippen molar-refractivity contribution in [1.29, 1.82) is 0 Å². The van der Waals surface area contributed by atoms with Crippen LogP contribution in [0, 0.1) is 0 Å². The molecule has 7 heteroatoms. The zero-order valence-electron chi connectivity index (χ0n) is 12.1. The third kappa shape index (κ3) is 8.92. The molecular formula is C13H25N3O3S. The number of primary sulfonamides is 1. The lowest BCUT2D eigenvalue weighted by Crippen LogP contribution is -2.16. The molecule has 0 aliphatic carbocycles. The third-order valence-corrected chi connectivity index (χ3v) is 3.88. The minimum atomic E-state index is -3.28. The minimum absolute atomic E-state index is 0.103. The zero-order chi connectivity index (χ0) is 14.8. The first-order chi connectivity index (χ1) is 9.47. The molecule has 1 aromatic heterocycles. The van der Waals surface area contributed by atoms with Crippen LogP contribution in [-0.2, 0) is 17.1 Å². The van der Waals surface area contributed by atoms with Crippen molar-refractivity contribution in [2.24, 2.45) is 12.2 Å². The van der Waals surface area contributed by atoms with Crippen molar-refractivity contribution in [3.8, 4) is 5.75 Å². The molecule has 0 aliphatic rings. The van der Waals surface area contributed by atoms with Crippen LogP contribution in [0.15, 0.2) is 12.4 Å². The van der Waals surface area contributed by atoms with Gasteiger partial charge in [0.25, 0.3) is 0 Å². The molecule has 6 nitrogen and oxygen atoms in total. The molecule has 0 amide bonds. The maximum atomic E-state index is 10.7. The van der Waals surface area contributed by atoms with Crippen molar-refractivity contribution in [3.05, 3.63) is 12.4 Å². The molecule has 0 aromatic carbocycles. The summed E-state index contributed by atoms with van der Waals surface area (Å²) in [5.74, 6) is 0.918. The van der Waals surface area contributed by atoms with Crippen LogP contribution in [0.1, 0.15) is 44.9 Å². The van der Waals surface area contributed by atoms with Crippen molar-refractivity contribution >= 4 is 10.0 Å². The van der Waals surface area contributed by atoms with Gasteiger partial charge in [0.2, 0.25) is 10.0 Å². The number of rotatable bonds is 11. The lowest BCUT2D eigenvalue weighted by molar-refractivity contribution is 0.304. The van der Waals surface area contributed by atoms with Crippen molar-refractivity contribution in [2.45, 2.75) is 44.9 Å². The molecule has 0 bridgehead atoms. The summed E-state index contributed by atoms with van der Waals surface area (Å²) in [5, 5.41) is 8.96. The molecule has 2 N–H and O–H groups in total. The average molecular weight is 303 g/mol. The van der Waals surface area contributed by atoms with E-state index in [1.54, 1.807) is 10.9 Å². The number of aromatic nitrogens is 2. The Hall–Kier alpha value is -1.08. The number of ether oxygens (including phenoxy) is 1. The molecule has 0 spiro atoms. The molecular weight excluding hydrogens is 278 g/mol. The van der Waals surface area contributed by atoms with Crippen LogP contribution >= 0.6 is 0 Å². The number of hydrogen-bond acceptors (Lipinski definition) is 4. The van der Waals surface area contributed by atoms with Gasteiger partial charge in [0, 0.05) is 7.05 Å². The second-order valence-corrected chi connectivity index (χ2v) is 6.77. The van der Waals surface area contributed by atoms with E-state index in [1.807, 2.05) is 13.2 Å². The van der Waals surface area contributed by atoms with E-state index >= 15 is 0 Å². The maximum Gasteiger partial charge on any atom is 0.209 e. The van der Waals surface area contributed by atoms with E-state index in [4.69, 9.17) is 9.88 Å². The fourth-order valence-electron chi connectivity index (χ4n) is 1.95. The molecule has 0 atom stereocenters. The topological polar surface area (TPSA) is 87.2 Å². The van der Waals surface area contributed by atoms with Gasteiger partial charge >= 0.3 is 0 Å². The summed E-state index contributed by atoms with van der Waals surface area (Å²) in [5.41, 5.74) is 0. The van der Waals surface area contributed by atoms with Crippen LogP contribution in [0.5, 0.6) is 5.75 Å². The molecule has 0 aliphatic heterocycles. The molecule has 1 aromatic rings. The molecule has 20 heavy (non-hydrogen) atoms. The first-order valence-corrected chi connectivity index (χ1v) is 8.81. The summed E-state index contributed by atoms with van der Waals surface area (Å²) in [6.07, 6.45) is 10.7. The van der Waals surface area contributed by atoms with Gasteiger partial charge in [-0.25, -0.2) is 13.6 Å². The monoisotopic (exact) mass is 303 g/mol. The summed E-state index contributed by atoms with van der Waals surface area (Å²) >= 11 is 0. The summed E-state index contributed by atoms with van der Waals surface area (Å²) in [7, 11) is -1.41. The number of unbranched alkanes of at least 4 members (excludes halogenated alkanes) is 6. The zero-order valence-corrected chi connectivity index (χ0v) is 12.9. The predicted molar refractivity (Wildman–Crippen MR) is 79.0 cm³/mol. The van der Waals surface area contributed by atoms with E-state index in [9.17, 15) is 8.42 Å². The number of sulfonamides is 1. The van der Waals surface area contributed by atoms with Crippen molar-refractivity contribution in [1.82, 2.24) is 9.78 Å². The van der Waals surface area contributed by atoms with Gasteiger partial charge in [-0.2, -0.15) is 5.10 Å². The summed E-state index contributed by atoms with van der Waals surface area (Å²) < 4.78 is 28.7. The van der Waals surface area contributed by atoms with Gasteiger partial charge in [0.1, 0.15) is 0 Å². The summed E-state index contributed by atoms with van der Waals surface area (Å²) in [6, 6.07) is 0. The molecule has 0 unspecified atom stereocenters. The van der Waals surface area contributed by atoms with E-state index in [-0.39, 0.29) is 5.75 Å². The number of hydrogen-bond donors (Lipinski definition) is 1. The summed E-state index contributed by atoms with van der Waals surface area (Å²) in [4.78, 5) is 0. The maximum absolute atomic E-state index is 10.7. The quantitative estimate of drug-likeness (QED) is 0.632. The number of nitrogens with two attached hydrogens (primary N) is 1. The van der Waals surface area contributed by atoms with Crippen molar-refractivity contribution < 1.29 is 13.2 Å². The van der Waals surface area contributed by atoms with E-state index in [2.05, 4.69) is 5.10 Å². The Balaban J connectivity index is 1.85. The van der Waals surface area contributed by atoms with Gasteiger partial charge in [-0.05, 0) is 12.8 Å². The van der Waals surface area contributed by atoms with Gasteiger partial charge < -0.3 is 4.74 Å². The van der Waals surface area contributed by atoms with Gasteiger partial charge in [-0.1, -0.05) is 32.1 Å². The van der Waals surface area contributed by atoms with Crippen LogP contribution in [0.25, 0.3) is 0 Å². The molecule has 0 saturated carbocycles. The molecule has 0 saturated heterocycles. The van der Waals surface area contributed by atoms with Crippen LogP contribution in [0.4, 0.5) is 0 Å². The van der Waals surface area contributed by atoms with Crippen molar-refractivity contribution in [2.75, 3.05) is 12.4 Å². The Morgan fingerprint density at radius 3 is 2.30 bits per heavy atom. The molecule has 1 heterocycles. The van der Waals surface area contributed by atoms with Gasteiger partial charge in [-0.3, -0.25) is 4.68 Å². The Labute approximate surface area is 121 Å². The van der Waals surface area contributed by atoms with E-state index < -0.39 is 10.0 Å². The first kappa shape index (κ1) is 17.0. The Morgan fingerprint density at radius 1 is 1.15 bits per heavy atom. The van der Waals surface area contributed by atoms with E-state index in [0.717, 1.165) is 50.9 Å². The fourth-order valence-corrected chi connectivity index (χ4v) is 2.56. The second-order valence-electron chi connectivity index (χ2n) is 5.04. The van der Waals surface area contributed by atoms with Crippen LogP contribution in [0.2, 0.25) is 0 Å². The highest BCUT2D eigenvalue weighted by molar-refractivity contribution is 7.89. The average Bonchev–Trinajstić information content (AvgIpc) is 2.76. The molecule has 0 fully saturated rings. The smallest absolute Gasteiger partial charge is 0.209 e. The summed E-state index contributed by atoms with van der Waals surface area (Å²) in [6.45, 7) is 0.719. The SMILES string of the molecule is Cn1cc(OCCCCCCCCCS(N)(=O)=O)cn1. The van der Waals surface area contributed by atoms with Crippen molar-refractivity contribution in [3.63, 3.8) is 0 Å². The molecule has 116 valence electrons. The van der Waals surface area contributed by atoms with Gasteiger partial charge in [0.15, 0.2) is 5.75 Å². The third-order valence-electron chi connectivity index (χ3n) is 3.02. The second kappa shape index (κ2) is 8.97. The lowest BCUT2D eigenvalue weighted by Gasteiger charge is -2.03. The lowest BCUT2D eigenvalue weighted by atomic mass is 10.1. The fraction of sp³-hybridized carbons (Fsp3) is 0.769. The Morgan fingerprint density at radius 2 is 1.75 bits per heavy atom. The highest BCUT2D eigenvalue weighted by atomic mass is 32.2. The molecule has 1 rings (SSSR count). The van der Waals surface area contributed by atoms with Crippen LogP contribution in [0.3, 0.4) is 0 Å². The highest BCUT2D eigenvalue weighted by Gasteiger charge is 2.01. The molecule has 0 radical (unpaired) electrons. The standard InChI is InChI=1S/C13H25N3O3S/c1-16-12-13(11-15-16)19-9-7-5-3-2-4-6-8-10-20(14,17)18/h11-12H,2-10H2,1H3,(H2,14,17,18). The number of aryl methyl sites for hydroxylation is 1. The van der Waals surface area contributed by atoms with Crippen LogP contribution < -0.4 is 9.88 Å². The highest BCUT2D eigenvalue weighted by Crippen LogP contribution is 2.10. The van der Waals surface area contributed by atoms with Gasteiger partial charge in [0.05, 0.1) is 24.8 Å². The van der Waals surface area contributed by atoms with Crippen LogP contribution in [-0.4, -0.2) is 30.6 Å². The van der Waals surface area contributed by atoms with Gasteiger partial charge in [-0.15, -0.1) is 0 Å². The number of nitrogens with zero attached hydrogens (tertiary/aromatic N) is 2. The Kier molecular flexibility index (Phi) is 7.61. The first-order valence-electron chi connectivity index (χ1n) is 7.09. The predicted octanol–water partition coefficient (Wildman–Crippen LogP) is 1.82. The Bertz CT molecular complexity index is 471.